The summed E-state index contributed by atoms with van der Waals surface area (Å²) in [6.07, 6.45) is 1.71. The molecule has 2 heterocycles. The standard InChI is InChI=1S/C21H28N4O2S/c1-3-6-18-13-19(26)23-21(22-18)28-15-20(27)25-11-9-24(10-12-25)14-17-8-5-4-7-16(17)2/h4-5,7-8,13H,3,6,9-12,14-15H2,1-2H3,(H,22,23,26). The molecule has 0 aliphatic carbocycles. The van der Waals surface area contributed by atoms with Crippen molar-refractivity contribution < 1.29 is 4.79 Å². The summed E-state index contributed by atoms with van der Waals surface area (Å²) in [6, 6.07) is 9.98. The summed E-state index contributed by atoms with van der Waals surface area (Å²) in [5, 5.41) is 0.530. The number of amides is 1. The minimum absolute atomic E-state index is 0.101. The monoisotopic (exact) mass is 400 g/mol. The first kappa shape index (κ1) is 20.6. The van der Waals surface area contributed by atoms with Gasteiger partial charge in [-0.25, -0.2) is 4.98 Å². The Bertz CT molecular complexity index is 859. The van der Waals surface area contributed by atoms with E-state index < -0.39 is 0 Å². The van der Waals surface area contributed by atoms with E-state index in [0.29, 0.717) is 10.9 Å². The first-order valence-electron chi connectivity index (χ1n) is 9.83. The second-order valence-corrected chi connectivity index (χ2v) is 8.13. The van der Waals surface area contributed by atoms with Crippen LogP contribution < -0.4 is 5.56 Å². The van der Waals surface area contributed by atoms with Crippen LogP contribution in [-0.2, 0) is 17.8 Å². The fraction of sp³-hybridized carbons (Fsp3) is 0.476. The largest absolute Gasteiger partial charge is 0.339 e. The highest BCUT2D eigenvalue weighted by Crippen LogP contribution is 2.16. The van der Waals surface area contributed by atoms with Crippen molar-refractivity contribution in [2.24, 2.45) is 0 Å². The molecule has 1 N–H and O–H groups in total. The highest BCUT2D eigenvalue weighted by molar-refractivity contribution is 7.99. The molecule has 1 saturated heterocycles. The molecule has 6 nitrogen and oxygen atoms in total. The number of carbonyl (C=O) groups excluding carboxylic acids is 1. The number of carbonyl (C=O) groups is 1. The van der Waals surface area contributed by atoms with Gasteiger partial charge in [-0.05, 0) is 24.5 Å². The van der Waals surface area contributed by atoms with Gasteiger partial charge < -0.3 is 9.88 Å². The third-order valence-electron chi connectivity index (χ3n) is 4.99. The molecule has 0 unspecified atom stereocenters. The quantitative estimate of drug-likeness (QED) is 0.571. The van der Waals surface area contributed by atoms with Gasteiger partial charge >= 0.3 is 0 Å². The minimum atomic E-state index is -0.154. The molecule has 0 radical (unpaired) electrons. The number of nitrogens with zero attached hydrogens (tertiary/aromatic N) is 3. The normalized spacial score (nSPS) is 15.0. The van der Waals surface area contributed by atoms with Crippen LogP contribution in [0.2, 0.25) is 0 Å². The number of aromatic amines is 1. The number of thioether (sulfide) groups is 1. The van der Waals surface area contributed by atoms with Crippen molar-refractivity contribution in [3.05, 3.63) is 57.5 Å². The molecule has 0 saturated carbocycles. The average molecular weight is 401 g/mol. The average Bonchev–Trinajstić information content (AvgIpc) is 2.68. The van der Waals surface area contributed by atoms with Gasteiger partial charge in [0.2, 0.25) is 5.91 Å². The van der Waals surface area contributed by atoms with Crippen molar-refractivity contribution >= 4 is 17.7 Å². The number of H-pyrrole nitrogens is 1. The Morgan fingerprint density at radius 3 is 2.68 bits per heavy atom. The van der Waals surface area contributed by atoms with Crippen LogP contribution >= 0.6 is 11.8 Å². The lowest BCUT2D eigenvalue weighted by molar-refractivity contribution is -0.130. The Morgan fingerprint density at radius 1 is 1.21 bits per heavy atom. The third kappa shape index (κ3) is 5.69. The minimum Gasteiger partial charge on any atom is -0.339 e. The lowest BCUT2D eigenvalue weighted by Gasteiger charge is -2.35. The Balaban J connectivity index is 1.48. The molecule has 0 spiro atoms. The summed E-state index contributed by atoms with van der Waals surface area (Å²) in [5.74, 6) is 0.403. The highest BCUT2D eigenvalue weighted by Gasteiger charge is 2.21. The lowest BCUT2D eigenvalue weighted by atomic mass is 10.1. The zero-order valence-electron chi connectivity index (χ0n) is 16.6. The SMILES string of the molecule is CCCc1cc(=O)[nH]c(SCC(=O)N2CCN(Cc3ccccc3C)CC2)n1. The van der Waals surface area contributed by atoms with E-state index in [0.717, 1.165) is 51.3 Å². The molecule has 7 heteroatoms. The van der Waals surface area contributed by atoms with Crippen LogP contribution in [0.5, 0.6) is 0 Å². The second kappa shape index (κ2) is 9.89. The molecular weight excluding hydrogens is 372 g/mol. The maximum Gasteiger partial charge on any atom is 0.251 e. The summed E-state index contributed by atoms with van der Waals surface area (Å²) >= 11 is 1.31. The van der Waals surface area contributed by atoms with Gasteiger partial charge in [0, 0.05) is 44.5 Å². The fourth-order valence-corrected chi connectivity index (χ4v) is 4.14. The van der Waals surface area contributed by atoms with Crippen molar-refractivity contribution in [1.29, 1.82) is 0 Å². The van der Waals surface area contributed by atoms with Crippen LogP contribution in [0.25, 0.3) is 0 Å². The molecule has 1 aromatic heterocycles. The summed E-state index contributed by atoms with van der Waals surface area (Å²) in [4.78, 5) is 35.8. The zero-order valence-corrected chi connectivity index (χ0v) is 17.4. The van der Waals surface area contributed by atoms with E-state index in [2.05, 4.69) is 53.0 Å². The number of benzene rings is 1. The molecule has 1 aliphatic rings. The van der Waals surface area contributed by atoms with E-state index in [-0.39, 0.29) is 11.5 Å². The van der Waals surface area contributed by atoms with E-state index in [1.165, 1.54) is 29.0 Å². The smallest absolute Gasteiger partial charge is 0.251 e. The van der Waals surface area contributed by atoms with Crippen LogP contribution in [0.4, 0.5) is 0 Å². The molecule has 1 amide bonds. The lowest BCUT2D eigenvalue weighted by Crippen LogP contribution is -2.48. The Hall–Kier alpha value is -2.12. The van der Waals surface area contributed by atoms with Gasteiger partial charge in [0.05, 0.1) is 5.75 Å². The fourth-order valence-electron chi connectivity index (χ4n) is 3.34. The molecule has 1 aromatic carbocycles. The first-order chi connectivity index (χ1) is 13.5. The van der Waals surface area contributed by atoms with Crippen molar-refractivity contribution in [3.63, 3.8) is 0 Å². The molecule has 150 valence electrons. The summed E-state index contributed by atoms with van der Waals surface area (Å²) in [7, 11) is 0. The summed E-state index contributed by atoms with van der Waals surface area (Å²) in [6.45, 7) is 8.37. The maximum absolute atomic E-state index is 12.6. The van der Waals surface area contributed by atoms with E-state index in [9.17, 15) is 9.59 Å². The molecular formula is C21H28N4O2S. The molecule has 3 rings (SSSR count). The molecule has 2 aromatic rings. The predicted molar refractivity (Wildman–Crippen MR) is 113 cm³/mol. The number of rotatable bonds is 7. The molecule has 0 atom stereocenters. The van der Waals surface area contributed by atoms with Gasteiger partial charge in [-0.3, -0.25) is 14.5 Å². The van der Waals surface area contributed by atoms with Crippen LogP contribution in [0.1, 0.15) is 30.2 Å². The van der Waals surface area contributed by atoms with Gasteiger partial charge in [-0.1, -0.05) is 49.4 Å². The van der Waals surface area contributed by atoms with Crippen molar-refractivity contribution in [1.82, 2.24) is 19.8 Å². The van der Waals surface area contributed by atoms with E-state index >= 15 is 0 Å². The predicted octanol–water partition coefficient (Wildman–Crippen LogP) is 2.47. The number of hydrogen-bond acceptors (Lipinski definition) is 5. The number of aromatic nitrogens is 2. The van der Waals surface area contributed by atoms with Crippen molar-refractivity contribution in [2.75, 3.05) is 31.9 Å². The van der Waals surface area contributed by atoms with Gasteiger partial charge in [0.15, 0.2) is 5.16 Å². The van der Waals surface area contributed by atoms with E-state index in [4.69, 9.17) is 0 Å². The van der Waals surface area contributed by atoms with E-state index in [1.54, 1.807) is 0 Å². The number of piperazine rings is 1. The maximum atomic E-state index is 12.6. The summed E-state index contributed by atoms with van der Waals surface area (Å²) < 4.78 is 0. The third-order valence-corrected chi connectivity index (χ3v) is 5.85. The van der Waals surface area contributed by atoms with Gasteiger partial charge in [0.1, 0.15) is 0 Å². The number of aryl methyl sites for hydroxylation is 2. The molecule has 0 bridgehead atoms. The molecule has 1 aliphatic heterocycles. The second-order valence-electron chi connectivity index (χ2n) is 7.16. The zero-order chi connectivity index (χ0) is 19.9. The van der Waals surface area contributed by atoms with Gasteiger partial charge in [0.25, 0.3) is 5.56 Å². The van der Waals surface area contributed by atoms with E-state index in [1.807, 2.05) is 4.90 Å². The van der Waals surface area contributed by atoms with Crippen LogP contribution in [0.15, 0.2) is 40.3 Å². The van der Waals surface area contributed by atoms with Gasteiger partial charge in [-0.15, -0.1) is 0 Å². The first-order valence-corrected chi connectivity index (χ1v) is 10.8. The number of hydrogen-bond donors (Lipinski definition) is 1. The number of nitrogens with one attached hydrogen (secondary N) is 1. The molecule has 28 heavy (non-hydrogen) atoms. The highest BCUT2D eigenvalue weighted by atomic mass is 32.2. The molecule has 1 fully saturated rings. The Morgan fingerprint density at radius 2 is 1.96 bits per heavy atom. The van der Waals surface area contributed by atoms with Crippen molar-refractivity contribution in [2.45, 2.75) is 38.4 Å². The van der Waals surface area contributed by atoms with Crippen molar-refractivity contribution in [3.8, 4) is 0 Å². The van der Waals surface area contributed by atoms with Crippen LogP contribution in [0, 0.1) is 6.92 Å². The van der Waals surface area contributed by atoms with Crippen LogP contribution in [-0.4, -0.2) is 57.6 Å². The van der Waals surface area contributed by atoms with Gasteiger partial charge in [-0.2, -0.15) is 0 Å². The Labute approximate surface area is 170 Å². The summed E-state index contributed by atoms with van der Waals surface area (Å²) in [5.41, 5.74) is 3.29. The Kier molecular flexibility index (Phi) is 7.28. The topological polar surface area (TPSA) is 69.3 Å². The van der Waals surface area contributed by atoms with Crippen LogP contribution in [0.3, 0.4) is 0 Å².